The van der Waals surface area contributed by atoms with Gasteiger partial charge in [-0.3, -0.25) is 10.1 Å². The second-order valence-electron chi connectivity index (χ2n) is 5.80. The van der Waals surface area contributed by atoms with Gasteiger partial charge < -0.3 is 4.90 Å². The van der Waals surface area contributed by atoms with Gasteiger partial charge in [-0.05, 0) is 46.2 Å². The molecule has 2 aromatic rings. The monoisotopic (exact) mass is 318 g/mol. The third-order valence-corrected chi connectivity index (χ3v) is 3.88. The molecule has 0 aromatic heterocycles. The average Bonchev–Trinajstić information content (AvgIpc) is 2.88. The minimum atomic E-state index is -0.351. The molecule has 0 amide bonds. The number of benzene rings is 2. The number of rotatable bonds is 4. The number of nitrogens with zero attached hydrogens (tertiary/aromatic N) is 2. The molecule has 1 aliphatic rings. The summed E-state index contributed by atoms with van der Waals surface area (Å²) in [4.78, 5) is 12.7. The first kappa shape index (κ1) is 15.7. The number of hydrogen-bond acceptors (Lipinski definition) is 3. The summed E-state index contributed by atoms with van der Waals surface area (Å²) in [5.41, 5.74) is 5.30. The first-order chi connectivity index (χ1) is 11.6. The van der Waals surface area contributed by atoms with E-state index >= 15 is 0 Å². The van der Waals surface area contributed by atoms with Gasteiger partial charge in [0.05, 0.1) is 4.92 Å². The summed E-state index contributed by atoms with van der Waals surface area (Å²) in [5, 5.41) is 11.1. The van der Waals surface area contributed by atoms with Crippen LogP contribution in [0.3, 0.4) is 0 Å². The maximum atomic E-state index is 11.1. The zero-order chi connectivity index (χ0) is 17.1. The van der Waals surface area contributed by atoms with Crippen LogP contribution in [0.2, 0.25) is 0 Å². The first-order valence-corrected chi connectivity index (χ1v) is 7.68. The van der Waals surface area contributed by atoms with Gasteiger partial charge in [0.25, 0.3) is 5.69 Å². The van der Waals surface area contributed by atoms with Crippen LogP contribution < -0.4 is 0 Å². The highest BCUT2D eigenvalue weighted by Gasteiger charge is 2.24. The quantitative estimate of drug-likeness (QED) is 0.400. The Kier molecular flexibility index (Phi) is 4.29. The van der Waals surface area contributed by atoms with Crippen LogP contribution in [0.25, 0.3) is 16.7 Å². The molecule has 0 saturated heterocycles. The van der Waals surface area contributed by atoms with Gasteiger partial charge >= 0.3 is 0 Å². The van der Waals surface area contributed by atoms with Crippen LogP contribution in [0.15, 0.2) is 73.0 Å². The zero-order valence-corrected chi connectivity index (χ0v) is 13.6. The van der Waals surface area contributed by atoms with E-state index in [0.29, 0.717) is 0 Å². The molecule has 0 unspecified atom stereocenters. The first-order valence-electron chi connectivity index (χ1n) is 7.68. The zero-order valence-electron chi connectivity index (χ0n) is 13.6. The highest BCUT2D eigenvalue weighted by Crippen LogP contribution is 2.45. The highest BCUT2D eigenvalue weighted by molar-refractivity contribution is 6.02. The Morgan fingerprint density at radius 1 is 0.917 bits per heavy atom. The van der Waals surface area contributed by atoms with Crippen molar-refractivity contribution in [3.63, 3.8) is 0 Å². The second kappa shape index (κ2) is 6.54. The number of hydrogen-bond donors (Lipinski definition) is 0. The van der Waals surface area contributed by atoms with Crippen molar-refractivity contribution in [3.05, 3.63) is 94.2 Å². The molecule has 0 aliphatic heterocycles. The molecule has 0 fully saturated rings. The van der Waals surface area contributed by atoms with Crippen LogP contribution in [0.5, 0.6) is 0 Å². The molecule has 4 heteroatoms. The molecular weight excluding hydrogens is 300 g/mol. The highest BCUT2D eigenvalue weighted by atomic mass is 16.6. The predicted molar refractivity (Wildman–Crippen MR) is 97.6 cm³/mol. The summed E-state index contributed by atoms with van der Waals surface area (Å²) in [7, 11) is 3.93. The van der Waals surface area contributed by atoms with Crippen molar-refractivity contribution in [3.8, 4) is 11.1 Å². The number of non-ortho nitro benzene ring substituents is 1. The van der Waals surface area contributed by atoms with E-state index in [4.69, 9.17) is 0 Å². The molecule has 0 heterocycles. The lowest BCUT2D eigenvalue weighted by Gasteiger charge is -2.02. The minimum absolute atomic E-state index is 0.115. The molecule has 3 rings (SSSR count). The van der Waals surface area contributed by atoms with E-state index < -0.39 is 0 Å². The molecular formula is C20H18N2O2. The van der Waals surface area contributed by atoms with E-state index in [-0.39, 0.29) is 10.6 Å². The SMILES string of the molecule is CN(C)/C=C/C=C/C=C1\c2ccccc2-c2ccc([N+](=O)[O-])cc21. The minimum Gasteiger partial charge on any atom is -0.383 e. The van der Waals surface area contributed by atoms with Crippen molar-refractivity contribution >= 4 is 11.3 Å². The number of nitro groups is 1. The summed E-state index contributed by atoms with van der Waals surface area (Å²) >= 11 is 0. The van der Waals surface area contributed by atoms with Crippen molar-refractivity contribution in [1.82, 2.24) is 4.90 Å². The molecule has 0 N–H and O–H groups in total. The van der Waals surface area contributed by atoms with E-state index in [1.54, 1.807) is 12.1 Å². The van der Waals surface area contributed by atoms with Crippen LogP contribution >= 0.6 is 0 Å². The summed E-state index contributed by atoms with van der Waals surface area (Å²) in [6, 6.07) is 13.1. The van der Waals surface area contributed by atoms with Crippen LogP contribution in [0.4, 0.5) is 5.69 Å². The molecule has 4 nitrogen and oxygen atoms in total. The molecule has 24 heavy (non-hydrogen) atoms. The molecule has 0 saturated carbocycles. The van der Waals surface area contributed by atoms with Gasteiger partial charge in [-0.15, -0.1) is 0 Å². The number of nitro benzene ring substituents is 1. The van der Waals surface area contributed by atoms with Gasteiger partial charge in [0, 0.05) is 26.2 Å². The van der Waals surface area contributed by atoms with Gasteiger partial charge in [0.1, 0.15) is 0 Å². The fraction of sp³-hybridized carbons (Fsp3) is 0.100. The van der Waals surface area contributed by atoms with Crippen molar-refractivity contribution in [2.24, 2.45) is 0 Å². The van der Waals surface area contributed by atoms with Crippen molar-refractivity contribution < 1.29 is 4.92 Å². The average molecular weight is 318 g/mol. The van der Waals surface area contributed by atoms with Gasteiger partial charge in [-0.2, -0.15) is 0 Å². The van der Waals surface area contributed by atoms with Crippen molar-refractivity contribution in [2.45, 2.75) is 0 Å². The molecule has 0 spiro atoms. The van der Waals surface area contributed by atoms with Crippen LogP contribution in [0.1, 0.15) is 11.1 Å². The van der Waals surface area contributed by atoms with Gasteiger partial charge in [0.15, 0.2) is 0 Å². The molecule has 120 valence electrons. The fourth-order valence-corrected chi connectivity index (χ4v) is 2.82. The van der Waals surface area contributed by atoms with Gasteiger partial charge in [-0.25, -0.2) is 0 Å². The van der Waals surface area contributed by atoms with E-state index in [1.165, 1.54) is 0 Å². The van der Waals surface area contributed by atoms with Crippen LogP contribution in [0, 0.1) is 10.1 Å². The summed E-state index contributed by atoms with van der Waals surface area (Å²) in [6.45, 7) is 0. The molecule has 1 aliphatic carbocycles. The Morgan fingerprint density at radius 3 is 2.33 bits per heavy atom. The molecule has 0 bridgehead atoms. The lowest BCUT2D eigenvalue weighted by atomic mass is 10.0. The lowest BCUT2D eigenvalue weighted by Crippen LogP contribution is -1.99. The van der Waals surface area contributed by atoms with Crippen LogP contribution in [-0.2, 0) is 0 Å². The molecule has 0 atom stereocenters. The van der Waals surface area contributed by atoms with Crippen LogP contribution in [-0.4, -0.2) is 23.9 Å². The summed E-state index contributed by atoms with van der Waals surface area (Å²) < 4.78 is 0. The van der Waals surface area contributed by atoms with Crippen molar-refractivity contribution in [2.75, 3.05) is 14.1 Å². The van der Waals surface area contributed by atoms with Gasteiger partial charge in [-0.1, -0.05) is 42.5 Å². The topological polar surface area (TPSA) is 46.4 Å². The Bertz CT molecular complexity index is 877. The standard InChI is InChI=1S/C20H18N2O2/c1-21(2)13-7-3-4-8-18-16-9-5-6-10-17(16)19-12-11-15(22(23)24)14-20(18)19/h3-14H,1-2H3/b4-3+,13-7+,18-8+. The van der Waals surface area contributed by atoms with E-state index in [1.807, 2.05) is 67.7 Å². The second-order valence-corrected chi connectivity index (χ2v) is 5.80. The Balaban J connectivity index is 2.06. The smallest absolute Gasteiger partial charge is 0.270 e. The van der Waals surface area contributed by atoms with E-state index in [0.717, 1.165) is 27.8 Å². The summed E-state index contributed by atoms with van der Waals surface area (Å²) in [6.07, 6.45) is 9.82. The third kappa shape index (κ3) is 2.99. The Morgan fingerprint density at radius 2 is 1.62 bits per heavy atom. The predicted octanol–water partition coefficient (Wildman–Crippen LogP) is 4.64. The largest absolute Gasteiger partial charge is 0.383 e. The van der Waals surface area contributed by atoms with Crippen molar-refractivity contribution in [1.29, 1.82) is 0 Å². The van der Waals surface area contributed by atoms with E-state index in [2.05, 4.69) is 12.1 Å². The number of fused-ring (bicyclic) bond motifs is 3. The third-order valence-electron chi connectivity index (χ3n) is 3.88. The number of allylic oxidation sites excluding steroid dienone is 4. The Labute approximate surface area is 141 Å². The normalized spacial score (nSPS) is 14.3. The maximum absolute atomic E-state index is 11.1. The lowest BCUT2D eigenvalue weighted by molar-refractivity contribution is -0.384. The molecule has 2 aromatic carbocycles. The maximum Gasteiger partial charge on any atom is 0.270 e. The fourth-order valence-electron chi connectivity index (χ4n) is 2.82. The summed E-state index contributed by atoms with van der Waals surface area (Å²) in [5.74, 6) is 0. The van der Waals surface area contributed by atoms with Gasteiger partial charge in [0.2, 0.25) is 0 Å². The Hall–Kier alpha value is -3.14. The molecule has 0 radical (unpaired) electrons. The van der Waals surface area contributed by atoms with E-state index in [9.17, 15) is 10.1 Å².